The molecule has 21 heavy (non-hydrogen) atoms. The van der Waals surface area contributed by atoms with Gasteiger partial charge in [-0.2, -0.15) is 0 Å². The molecule has 7 nitrogen and oxygen atoms in total. The molecule has 0 aliphatic rings. The molecular weight excluding hydrogens is 296 g/mol. The number of urea groups is 1. The maximum atomic E-state index is 11.7. The maximum absolute atomic E-state index is 11.7. The van der Waals surface area contributed by atoms with E-state index in [1.807, 2.05) is 6.92 Å². The van der Waals surface area contributed by atoms with Crippen molar-refractivity contribution in [2.45, 2.75) is 30.7 Å². The summed E-state index contributed by atoms with van der Waals surface area (Å²) in [7, 11) is -3.29. The van der Waals surface area contributed by atoms with Gasteiger partial charge in [0.1, 0.15) is 6.04 Å². The van der Waals surface area contributed by atoms with E-state index in [4.69, 9.17) is 5.11 Å². The fourth-order valence-electron chi connectivity index (χ4n) is 1.66. The molecule has 0 spiro atoms. The van der Waals surface area contributed by atoms with Crippen molar-refractivity contribution in [3.8, 4) is 0 Å². The fraction of sp³-hybridized carbons (Fsp3) is 0.385. The molecule has 0 fully saturated rings. The molecule has 2 amide bonds. The molecule has 0 saturated heterocycles. The molecule has 1 unspecified atom stereocenters. The van der Waals surface area contributed by atoms with E-state index < -0.39 is 27.9 Å². The molecule has 0 bridgehead atoms. The van der Waals surface area contributed by atoms with E-state index in [0.717, 1.165) is 6.26 Å². The molecule has 3 N–H and O–H groups in total. The van der Waals surface area contributed by atoms with Crippen molar-refractivity contribution < 1.29 is 23.1 Å². The number of hydrogen-bond donors (Lipinski definition) is 3. The number of rotatable bonds is 6. The molecule has 0 aliphatic heterocycles. The van der Waals surface area contributed by atoms with Crippen LogP contribution in [0.15, 0.2) is 29.2 Å². The number of benzene rings is 1. The standard InChI is InChI=1S/C13H18N2O5S/c1-3-4-11(12(16)17)15-13(18)14-9-5-7-10(8-6-9)21(2,19)20/h5-8,11H,3-4H2,1-2H3,(H,16,17)(H2,14,15,18). The van der Waals surface area contributed by atoms with Crippen molar-refractivity contribution in [2.24, 2.45) is 0 Å². The zero-order chi connectivity index (χ0) is 16.0. The summed E-state index contributed by atoms with van der Waals surface area (Å²) in [6.45, 7) is 1.82. The number of carboxylic acids is 1. The number of carbonyl (C=O) groups excluding carboxylic acids is 1. The van der Waals surface area contributed by atoms with E-state index in [9.17, 15) is 18.0 Å². The number of hydrogen-bond acceptors (Lipinski definition) is 4. The van der Waals surface area contributed by atoms with Gasteiger partial charge in [0.25, 0.3) is 0 Å². The largest absolute Gasteiger partial charge is 0.480 e. The Bertz CT molecular complexity index is 610. The Hall–Kier alpha value is -2.09. The van der Waals surface area contributed by atoms with Crippen LogP contribution in [-0.2, 0) is 14.6 Å². The lowest BCUT2D eigenvalue weighted by molar-refractivity contribution is -0.139. The molecule has 1 rings (SSSR count). The van der Waals surface area contributed by atoms with Crippen LogP contribution in [0.4, 0.5) is 10.5 Å². The molecule has 1 atom stereocenters. The first-order valence-electron chi connectivity index (χ1n) is 6.34. The van der Waals surface area contributed by atoms with Gasteiger partial charge in [0.05, 0.1) is 4.90 Å². The van der Waals surface area contributed by atoms with Crippen molar-refractivity contribution in [1.82, 2.24) is 5.32 Å². The summed E-state index contributed by atoms with van der Waals surface area (Å²) < 4.78 is 22.6. The molecule has 1 aromatic carbocycles. The van der Waals surface area contributed by atoms with E-state index in [1.165, 1.54) is 24.3 Å². The minimum atomic E-state index is -3.29. The normalized spacial score (nSPS) is 12.5. The second-order valence-electron chi connectivity index (χ2n) is 4.57. The van der Waals surface area contributed by atoms with Crippen molar-refractivity contribution in [3.63, 3.8) is 0 Å². The lowest BCUT2D eigenvalue weighted by Crippen LogP contribution is -2.42. The first kappa shape index (κ1) is 17.0. The summed E-state index contributed by atoms with van der Waals surface area (Å²) >= 11 is 0. The highest BCUT2D eigenvalue weighted by molar-refractivity contribution is 7.90. The summed E-state index contributed by atoms with van der Waals surface area (Å²) in [5.74, 6) is -1.10. The summed E-state index contributed by atoms with van der Waals surface area (Å²) in [5, 5.41) is 13.7. The SMILES string of the molecule is CCCC(NC(=O)Nc1ccc(S(C)(=O)=O)cc1)C(=O)O. The molecule has 116 valence electrons. The summed E-state index contributed by atoms with van der Waals surface area (Å²) in [4.78, 5) is 22.7. The second-order valence-corrected chi connectivity index (χ2v) is 6.59. The zero-order valence-electron chi connectivity index (χ0n) is 11.8. The van der Waals surface area contributed by atoms with Crippen molar-refractivity contribution >= 4 is 27.5 Å². The Morgan fingerprint density at radius 3 is 2.24 bits per heavy atom. The van der Waals surface area contributed by atoms with Crippen LogP contribution in [0.5, 0.6) is 0 Å². The number of carboxylic acid groups (broad SMARTS) is 1. The number of nitrogens with one attached hydrogen (secondary N) is 2. The highest BCUT2D eigenvalue weighted by atomic mass is 32.2. The quantitative estimate of drug-likeness (QED) is 0.736. The van der Waals surface area contributed by atoms with Crippen LogP contribution in [0.1, 0.15) is 19.8 Å². The topological polar surface area (TPSA) is 113 Å². The number of amides is 2. The van der Waals surface area contributed by atoms with Gasteiger partial charge in [-0.3, -0.25) is 0 Å². The minimum Gasteiger partial charge on any atom is -0.480 e. The van der Waals surface area contributed by atoms with E-state index in [0.29, 0.717) is 18.5 Å². The van der Waals surface area contributed by atoms with Gasteiger partial charge in [-0.25, -0.2) is 18.0 Å². The third-order valence-corrected chi connectivity index (χ3v) is 3.85. The Morgan fingerprint density at radius 1 is 1.24 bits per heavy atom. The molecule has 0 aliphatic carbocycles. The van der Waals surface area contributed by atoms with Crippen LogP contribution in [-0.4, -0.2) is 37.8 Å². The Morgan fingerprint density at radius 2 is 1.81 bits per heavy atom. The Balaban J connectivity index is 2.68. The van der Waals surface area contributed by atoms with Gasteiger partial charge in [0, 0.05) is 11.9 Å². The lowest BCUT2D eigenvalue weighted by Gasteiger charge is -2.14. The van der Waals surface area contributed by atoms with Crippen molar-refractivity contribution in [3.05, 3.63) is 24.3 Å². The predicted octanol–water partition coefficient (Wildman–Crippen LogP) is 1.46. The highest BCUT2D eigenvalue weighted by Gasteiger charge is 2.18. The number of sulfone groups is 1. The molecule has 0 aromatic heterocycles. The summed E-state index contributed by atoms with van der Waals surface area (Å²) in [5.41, 5.74) is 0.375. The first-order valence-corrected chi connectivity index (χ1v) is 8.23. The van der Waals surface area contributed by atoms with E-state index in [-0.39, 0.29) is 4.90 Å². The van der Waals surface area contributed by atoms with E-state index in [1.54, 1.807) is 0 Å². The summed E-state index contributed by atoms with van der Waals surface area (Å²) in [6.07, 6.45) is 2.04. The van der Waals surface area contributed by atoms with E-state index >= 15 is 0 Å². The Kier molecular flexibility index (Phi) is 5.71. The second kappa shape index (κ2) is 7.07. The van der Waals surface area contributed by atoms with Crippen LogP contribution >= 0.6 is 0 Å². The molecule has 0 radical (unpaired) electrons. The number of aliphatic carboxylic acids is 1. The molecule has 8 heteroatoms. The van der Waals surface area contributed by atoms with Gasteiger partial charge < -0.3 is 15.7 Å². The minimum absolute atomic E-state index is 0.142. The van der Waals surface area contributed by atoms with Gasteiger partial charge in [-0.1, -0.05) is 13.3 Å². The highest BCUT2D eigenvalue weighted by Crippen LogP contribution is 2.13. The van der Waals surface area contributed by atoms with Gasteiger partial charge in [-0.05, 0) is 30.7 Å². The smallest absolute Gasteiger partial charge is 0.326 e. The van der Waals surface area contributed by atoms with Crippen LogP contribution in [0.3, 0.4) is 0 Å². The number of carbonyl (C=O) groups is 2. The van der Waals surface area contributed by atoms with Crippen molar-refractivity contribution in [1.29, 1.82) is 0 Å². The van der Waals surface area contributed by atoms with Gasteiger partial charge in [-0.15, -0.1) is 0 Å². The van der Waals surface area contributed by atoms with Crippen LogP contribution in [0, 0.1) is 0 Å². The van der Waals surface area contributed by atoms with Gasteiger partial charge >= 0.3 is 12.0 Å². The third kappa shape index (κ3) is 5.42. The molecule has 1 aromatic rings. The van der Waals surface area contributed by atoms with Crippen LogP contribution in [0.2, 0.25) is 0 Å². The zero-order valence-corrected chi connectivity index (χ0v) is 12.6. The average Bonchev–Trinajstić information content (AvgIpc) is 2.37. The Labute approximate surface area is 123 Å². The first-order chi connectivity index (χ1) is 9.74. The van der Waals surface area contributed by atoms with E-state index in [2.05, 4.69) is 10.6 Å². The molecule has 0 saturated carbocycles. The van der Waals surface area contributed by atoms with Crippen LogP contribution < -0.4 is 10.6 Å². The monoisotopic (exact) mass is 314 g/mol. The predicted molar refractivity (Wildman–Crippen MR) is 78.0 cm³/mol. The lowest BCUT2D eigenvalue weighted by atomic mass is 10.2. The molecule has 0 heterocycles. The molecular formula is C13H18N2O5S. The third-order valence-electron chi connectivity index (χ3n) is 2.72. The fourth-order valence-corrected chi connectivity index (χ4v) is 2.29. The number of anilines is 1. The van der Waals surface area contributed by atoms with Gasteiger partial charge in [0.2, 0.25) is 0 Å². The van der Waals surface area contributed by atoms with Crippen molar-refractivity contribution in [2.75, 3.05) is 11.6 Å². The van der Waals surface area contributed by atoms with Gasteiger partial charge in [0.15, 0.2) is 9.84 Å². The van der Waals surface area contributed by atoms with Crippen LogP contribution in [0.25, 0.3) is 0 Å². The maximum Gasteiger partial charge on any atom is 0.326 e. The average molecular weight is 314 g/mol. The summed E-state index contributed by atoms with van der Waals surface area (Å²) in [6, 6.07) is 4.00.